The first-order chi connectivity index (χ1) is 8.47. The molecule has 0 aliphatic heterocycles. The Balaban J connectivity index is 2.05. The molecular formula is C11H15N5OS. The van der Waals surface area contributed by atoms with Crippen LogP contribution in [0, 0.1) is 13.8 Å². The van der Waals surface area contributed by atoms with E-state index in [1.807, 2.05) is 20.2 Å². The van der Waals surface area contributed by atoms with E-state index in [0.29, 0.717) is 22.2 Å². The van der Waals surface area contributed by atoms with Crippen molar-refractivity contribution in [1.82, 2.24) is 20.1 Å². The SMILES string of the molecule is Cc1nn(C)cc1CNC(=O)c1sc(N)nc1C. The van der Waals surface area contributed by atoms with Crippen LogP contribution in [-0.2, 0) is 13.6 Å². The summed E-state index contributed by atoms with van der Waals surface area (Å²) in [5.74, 6) is -0.148. The van der Waals surface area contributed by atoms with E-state index < -0.39 is 0 Å². The van der Waals surface area contributed by atoms with Crippen molar-refractivity contribution in [1.29, 1.82) is 0 Å². The molecule has 0 unspecified atom stereocenters. The van der Waals surface area contributed by atoms with Crippen LogP contribution in [0.15, 0.2) is 6.20 Å². The molecule has 7 heteroatoms. The van der Waals surface area contributed by atoms with Crippen molar-refractivity contribution < 1.29 is 4.79 Å². The van der Waals surface area contributed by atoms with Crippen molar-refractivity contribution in [3.05, 3.63) is 28.0 Å². The van der Waals surface area contributed by atoms with E-state index in [2.05, 4.69) is 15.4 Å². The third-order valence-corrected chi connectivity index (χ3v) is 3.56. The number of hydrogen-bond donors (Lipinski definition) is 2. The number of rotatable bonds is 3. The molecule has 6 nitrogen and oxygen atoms in total. The monoisotopic (exact) mass is 265 g/mol. The van der Waals surface area contributed by atoms with E-state index in [0.717, 1.165) is 11.3 Å². The zero-order chi connectivity index (χ0) is 13.3. The molecule has 0 saturated heterocycles. The quantitative estimate of drug-likeness (QED) is 0.867. The summed E-state index contributed by atoms with van der Waals surface area (Å²) in [4.78, 5) is 16.5. The maximum Gasteiger partial charge on any atom is 0.263 e. The highest BCUT2D eigenvalue weighted by molar-refractivity contribution is 7.17. The Morgan fingerprint density at radius 1 is 1.50 bits per heavy atom. The molecule has 0 atom stereocenters. The lowest BCUT2D eigenvalue weighted by Gasteiger charge is -2.02. The van der Waals surface area contributed by atoms with Crippen LogP contribution >= 0.6 is 11.3 Å². The van der Waals surface area contributed by atoms with Gasteiger partial charge in [-0.3, -0.25) is 9.48 Å². The predicted octanol–water partition coefficient (Wildman–Crippen LogP) is 1.01. The molecule has 96 valence electrons. The maximum atomic E-state index is 11.9. The molecule has 1 amide bonds. The van der Waals surface area contributed by atoms with Gasteiger partial charge < -0.3 is 11.1 Å². The molecule has 0 fully saturated rings. The van der Waals surface area contributed by atoms with Gasteiger partial charge in [0.05, 0.1) is 11.4 Å². The number of nitrogens with two attached hydrogens (primary N) is 1. The average Bonchev–Trinajstić information content (AvgIpc) is 2.78. The first kappa shape index (κ1) is 12.6. The van der Waals surface area contributed by atoms with Crippen LogP contribution in [-0.4, -0.2) is 20.7 Å². The van der Waals surface area contributed by atoms with Crippen LogP contribution in [0.5, 0.6) is 0 Å². The summed E-state index contributed by atoms with van der Waals surface area (Å²) in [6.45, 7) is 4.14. The molecule has 0 spiro atoms. The fourth-order valence-corrected chi connectivity index (χ4v) is 2.46. The maximum absolute atomic E-state index is 11.9. The van der Waals surface area contributed by atoms with E-state index >= 15 is 0 Å². The fourth-order valence-electron chi connectivity index (χ4n) is 1.71. The molecule has 0 saturated carbocycles. The highest BCUT2D eigenvalue weighted by atomic mass is 32.1. The van der Waals surface area contributed by atoms with Crippen molar-refractivity contribution in [3.8, 4) is 0 Å². The number of nitrogens with one attached hydrogen (secondary N) is 1. The average molecular weight is 265 g/mol. The topological polar surface area (TPSA) is 85.8 Å². The minimum absolute atomic E-state index is 0.148. The Bertz CT molecular complexity index is 586. The molecule has 3 N–H and O–H groups in total. The van der Waals surface area contributed by atoms with E-state index in [4.69, 9.17) is 5.73 Å². The third kappa shape index (κ3) is 2.51. The minimum Gasteiger partial charge on any atom is -0.375 e. The van der Waals surface area contributed by atoms with Crippen LogP contribution in [0.2, 0.25) is 0 Å². The van der Waals surface area contributed by atoms with Gasteiger partial charge in [-0.2, -0.15) is 5.10 Å². The van der Waals surface area contributed by atoms with E-state index in [-0.39, 0.29) is 5.91 Å². The number of nitrogen functional groups attached to an aromatic ring is 1. The number of carbonyl (C=O) groups is 1. The second-order valence-corrected chi connectivity index (χ2v) is 5.09. The molecular weight excluding hydrogens is 250 g/mol. The lowest BCUT2D eigenvalue weighted by molar-refractivity contribution is 0.0954. The second kappa shape index (κ2) is 4.77. The Kier molecular flexibility index (Phi) is 3.33. The largest absolute Gasteiger partial charge is 0.375 e. The van der Waals surface area contributed by atoms with Crippen LogP contribution in [0.25, 0.3) is 0 Å². The van der Waals surface area contributed by atoms with Gasteiger partial charge in [-0.05, 0) is 13.8 Å². The molecule has 2 aromatic heterocycles. The highest BCUT2D eigenvalue weighted by Gasteiger charge is 2.14. The van der Waals surface area contributed by atoms with Gasteiger partial charge in [0.15, 0.2) is 5.13 Å². The van der Waals surface area contributed by atoms with Gasteiger partial charge in [-0.1, -0.05) is 11.3 Å². The van der Waals surface area contributed by atoms with Gasteiger partial charge in [-0.25, -0.2) is 4.98 Å². The molecule has 2 heterocycles. The zero-order valence-electron chi connectivity index (χ0n) is 10.5. The van der Waals surface area contributed by atoms with Gasteiger partial charge in [-0.15, -0.1) is 0 Å². The summed E-state index contributed by atoms with van der Waals surface area (Å²) >= 11 is 1.20. The molecule has 0 aromatic carbocycles. The summed E-state index contributed by atoms with van der Waals surface area (Å²) in [7, 11) is 1.85. The van der Waals surface area contributed by atoms with Crippen LogP contribution in [0.3, 0.4) is 0 Å². The Morgan fingerprint density at radius 3 is 2.72 bits per heavy atom. The smallest absolute Gasteiger partial charge is 0.263 e. The molecule has 0 aliphatic rings. The summed E-state index contributed by atoms with van der Waals surface area (Å²) in [6.07, 6.45) is 1.89. The van der Waals surface area contributed by atoms with Gasteiger partial charge in [0.25, 0.3) is 5.91 Å². The third-order valence-electron chi connectivity index (χ3n) is 2.57. The number of hydrogen-bond acceptors (Lipinski definition) is 5. The second-order valence-electron chi connectivity index (χ2n) is 4.06. The number of carbonyl (C=O) groups excluding carboxylic acids is 1. The van der Waals surface area contributed by atoms with Crippen LogP contribution < -0.4 is 11.1 Å². The lowest BCUT2D eigenvalue weighted by Crippen LogP contribution is -2.22. The number of aromatic nitrogens is 3. The zero-order valence-corrected chi connectivity index (χ0v) is 11.3. The summed E-state index contributed by atoms with van der Waals surface area (Å²) in [5, 5.41) is 7.48. The first-order valence-corrected chi connectivity index (χ1v) is 6.29. The van der Waals surface area contributed by atoms with Crippen molar-refractivity contribution in [2.75, 3.05) is 5.73 Å². The summed E-state index contributed by atoms with van der Waals surface area (Å²) < 4.78 is 1.73. The molecule has 0 aliphatic carbocycles. The number of nitrogens with zero attached hydrogens (tertiary/aromatic N) is 3. The number of amides is 1. The Morgan fingerprint density at radius 2 is 2.22 bits per heavy atom. The normalized spacial score (nSPS) is 10.6. The van der Waals surface area contributed by atoms with Gasteiger partial charge in [0.2, 0.25) is 0 Å². The highest BCUT2D eigenvalue weighted by Crippen LogP contribution is 2.19. The van der Waals surface area contributed by atoms with Gasteiger partial charge >= 0.3 is 0 Å². The van der Waals surface area contributed by atoms with Gasteiger partial charge in [0, 0.05) is 25.4 Å². The Hall–Kier alpha value is -1.89. The minimum atomic E-state index is -0.148. The Labute approximate surface area is 109 Å². The standard InChI is InChI=1S/C11H15N5OS/c1-6-8(5-16(3)15-6)4-13-10(17)9-7(2)14-11(12)18-9/h5H,4H2,1-3H3,(H2,12,14)(H,13,17). The first-order valence-electron chi connectivity index (χ1n) is 5.47. The molecule has 2 aromatic rings. The summed E-state index contributed by atoms with van der Waals surface area (Å²) in [6, 6.07) is 0. The van der Waals surface area contributed by atoms with Crippen molar-refractivity contribution >= 4 is 22.4 Å². The molecule has 2 rings (SSSR count). The number of thiazole rings is 1. The fraction of sp³-hybridized carbons (Fsp3) is 0.364. The van der Waals surface area contributed by atoms with Gasteiger partial charge in [0.1, 0.15) is 4.88 Å². The van der Waals surface area contributed by atoms with Crippen molar-refractivity contribution in [3.63, 3.8) is 0 Å². The van der Waals surface area contributed by atoms with Crippen LogP contribution in [0.4, 0.5) is 5.13 Å². The van der Waals surface area contributed by atoms with Crippen molar-refractivity contribution in [2.45, 2.75) is 20.4 Å². The van der Waals surface area contributed by atoms with E-state index in [1.165, 1.54) is 11.3 Å². The van der Waals surface area contributed by atoms with E-state index in [9.17, 15) is 4.79 Å². The van der Waals surface area contributed by atoms with Crippen LogP contribution in [0.1, 0.15) is 26.6 Å². The summed E-state index contributed by atoms with van der Waals surface area (Å²) in [5.41, 5.74) is 8.15. The molecule has 18 heavy (non-hydrogen) atoms. The molecule has 0 radical (unpaired) electrons. The predicted molar refractivity (Wildman–Crippen MR) is 70.4 cm³/mol. The number of anilines is 1. The number of aryl methyl sites for hydroxylation is 3. The molecule has 0 bridgehead atoms. The lowest BCUT2D eigenvalue weighted by atomic mass is 10.2. The van der Waals surface area contributed by atoms with Crippen molar-refractivity contribution in [2.24, 2.45) is 7.05 Å². The van der Waals surface area contributed by atoms with E-state index in [1.54, 1.807) is 11.6 Å².